The van der Waals surface area contributed by atoms with Crippen LogP contribution < -0.4 is 21.1 Å². The lowest BCUT2D eigenvalue weighted by atomic mass is 9.91. The Morgan fingerprint density at radius 3 is 2.73 bits per heavy atom. The number of aromatic amines is 1. The maximum absolute atomic E-state index is 13.8. The van der Waals surface area contributed by atoms with Crippen LogP contribution in [0.15, 0.2) is 24.3 Å². The molecule has 11 heteroatoms. The highest BCUT2D eigenvalue weighted by Gasteiger charge is 2.51. The number of aromatic nitrogens is 1. The molecule has 0 saturated carbocycles. The smallest absolute Gasteiger partial charge is 0.270 e. The molecule has 3 saturated heterocycles. The number of amides is 4. The number of carbonyl (C=O) groups is 4. The topological polar surface area (TPSA) is 147 Å². The molecule has 1 unspecified atom stereocenters. The molecule has 0 radical (unpaired) electrons. The van der Waals surface area contributed by atoms with Crippen LogP contribution in [-0.4, -0.2) is 73.5 Å². The molecule has 5 rings (SSSR count). The van der Waals surface area contributed by atoms with Crippen LogP contribution in [0.3, 0.4) is 0 Å². The first-order valence-electron chi connectivity index (χ1n) is 13.1. The normalized spacial score (nSPS) is 23.7. The van der Waals surface area contributed by atoms with Gasteiger partial charge in [-0.1, -0.05) is 31.0 Å². The molecule has 5 N–H and O–H groups in total. The molecular weight excluding hydrogens is 490 g/mol. The molecule has 1 aromatic heterocycles. The highest BCUT2D eigenvalue weighted by Crippen LogP contribution is 2.41. The molecular formula is C26H35N5O5Si. The van der Waals surface area contributed by atoms with E-state index >= 15 is 0 Å². The van der Waals surface area contributed by atoms with Crippen molar-refractivity contribution in [1.82, 2.24) is 20.5 Å². The fourth-order valence-electron chi connectivity index (χ4n) is 6.43. The van der Waals surface area contributed by atoms with Crippen molar-refractivity contribution in [1.29, 1.82) is 0 Å². The van der Waals surface area contributed by atoms with E-state index in [9.17, 15) is 19.2 Å². The van der Waals surface area contributed by atoms with Crippen molar-refractivity contribution in [3.8, 4) is 5.75 Å². The predicted molar refractivity (Wildman–Crippen MR) is 141 cm³/mol. The van der Waals surface area contributed by atoms with Gasteiger partial charge in [-0.25, -0.2) is 0 Å². The average molecular weight is 526 g/mol. The van der Waals surface area contributed by atoms with Crippen LogP contribution in [0.25, 0.3) is 10.9 Å². The minimum atomic E-state index is -1.82. The largest absolute Gasteiger partial charge is 0.496 e. The van der Waals surface area contributed by atoms with E-state index in [-0.39, 0.29) is 30.1 Å². The fourth-order valence-corrected chi connectivity index (χ4v) is 11.8. The van der Waals surface area contributed by atoms with Crippen LogP contribution in [0, 0.1) is 5.92 Å². The van der Waals surface area contributed by atoms with Crippen molar-refractivity contribution in [3.05, 3.63) is 30.0 Å². The minimum Gasteiger partial charge on any atom is -0.496 e. The summed E-state index contributed by atoms with van der Waals surface area (Å²) in [4.78, 5) is 56.8. The van der Waals surface area contributed by atoms with Crippen LogP contribution in [0.5, 0.6) is 5.75 Å². The third kappa shape index (κ3) is 4.96. The van der Waals surface area contributed by atoms with Gasteiger partial charge in [-0.05, 0) is 43.5 Å². The van der Waals surface area contributed by atoms with E-state index in [1.54, 1.807) is 18.1 Å². The molecule has 198 valence electrons. The summed E-state index contributed by atoms with van der Waals surface area (Å²) in [6.45, 7) is 0.619. The number of fused-ring (bicyclic) bond motifs is 1. The molecule has 2 aromatic rings. The highest BCUT2D eigenvalue weighted by molar-refractivity contribution is 6.82. The van der Waals surface area contributed by atoms with Crippen molar-refractivity contribution in [2.24, 2.45) is 11.7 Å². The molecule has 3 atom stereocenters. The SMILES string of the molecule is COc1cccc2[nH]c(C(=O)N3C[Si]4(CCCC4)CC3C(=O)N[C@@H](C[C@@H]3CCCNC3=O)C(N)=O)cc12. The monoisotopic (exact) mass is 525 g/mol. The Hall–Kier alpha value is -3.34. The lowest BCUT2D eigenvalue weighted by molar-refractivity contribution is -0.132. The second-order valence-electron chi connectivity index (χ2n) is 10.8. The van der Waals surface area contributed by atoms with Gasteiger partial charge in [0.05, 0.1) is 15.2 Å². The maximum atomic E-state index is 13.8. The number of ether oxygens (including phenoxy) is 1. The number of hydrogen-bond donors (Lipinski definition) is 4. The number of methoxy groups -OCH3 is 1. The molecule has 0 aliphatic carbocycles. The summed E-state index contributed by atoms with van der Waals surface area (Å²) in [6, 6.07) is 8.62. The standard InChI is InChI=1S/C26H35N5O5Si/c1-36-22-8-4-7-18-17(22)13-20(29-18)26(35)31-15-37(10-2-3-11-37)14-21(31)25(34)30-19(23(27)32)12-16-6-5-9-28-24(16)33/h4,7-8,13,16,19,21,29H,2-3,5-6,9-12,14-15H2,1H3,(H2,27,32)(H,28,33)(H,30,34)/t16-,19-,21?/m0/s1. The lowest BCUT2D eigenvalue weighted by Crippen LogP contribution is -2.53. The molecule has 0 bridgehead atoms. The number of benzene rings is 1. The molecule has 1 aromatic carbocycles. The van der Waals surface area contributed by atoms with Gasteiger partial charge in [0.1, 0.15) is 23.5 Å². The highest BCUT2D eigenvalue weighted by atomic mass is 28.3. The number of hydrogen-bond acceptors (Lipinski definition) is 5. The van der Waals surface area contributed by atoms with E-state index in [0.717, 1.165) is 42.3 Å². The van der Waals surface area contributed by atoms with Gasteiger partial charge < -0.3 is 31.0 Å². The zero-order valence-electron chi connectivity index (χ0n) is 21.2. The number of nitrogens with two attached hydrogens (primary N) is 1. The number of piperidine rings is 1. The van der Waals surface area contributed by atoms with E-state index < -0.39 is 26.1 Å². The molecule has 4 amide bonds. The third-order valence-corrected chi connectivity index (χ3v) is 13.5. The zero-order valence-corrected chi connectivity index (χ0v) is 22.2. The molecule has 4 heterocycles. The van der Waals surface area contributed by atoms with Gasteiger partial charge >= 0.3 is 0 Å². The van der Waals surface area contributed by atoms with Crippen LogP contribution in [-0.2, 0) is 14.4 Å². The van der Waals surface area contributed by atoms with Crippen LogP contribution in [0.1, 0.15) is 42.6 Å². The minimum absolute atomic E-state index is 0.115. The quantitative estimate of drug-likeness (QED) is 0.406. The number of primary amides is 1. The van der Waals surface area contributed by atoms with Crippen molar-refractivity contribution >= 4 is 42.6 Å². The summed E-state index contributed by atoms with van der Waals surface area (Å²) in [7, 11) is -0.228. The first kappa shape index (κ1) is 25.3. The third-order valence-electron chi connectivity index (χ3n) is 8.39. The number of nitrogens with one attached hydrogen (secondary N) is 3. The molecule has 37 heavy (non-hydrogen) atoms. The molecule has 3 fully saturated rings. The van der Waals surface area contributed by atoms with Crippen molar-refractivity contribution in [2.45, 2.75) is 62.3 Å². The van der Waals surface area contributed by atoms with Crippen LogP contribution in [0.2, 0.25) is 18.1 Å². The summed E-state index contributed by atoms with van der Waals surface area (Å²) >= 11 is 0. The van der Waals surface area contributed by atoms with Gasteiger partial charge in [0.25, 0.3) is 5.91 Å². The number of H-pyrrole nitrogens is 1. The van der Waals surface area contributed by atoms with Crippen LogP contribution >= 0.6 is 0 Å². The maximum Gasteiger partial charge on any atom is 0.270 e. The second kappa shape index (κ2) is 10.2. The predicted octanol–water partition coefficient (Wildman–Crippen LogP) is 1.67. The van der Waals surface area contributed by atoms with E-state index in [1.165, 1.54) is 0 Å². The average Bonchev–Trinajstić information content (AvgIpc) is 3.63. The molecule has 3 aliphatic heterocycles. The number of carbonyl (C=O) groups excluding carboxylic acids is 4. The number of nitrogens with zero attached hydrogens (tertiary/aromatic N) is 1. The first-order valence-corrected chi connectivity index (χ1v) is 16.0. The molecule has 1 spiro atoms. The Labute approximate surface area is 216 Å². The van der Waals surface area contributed by atoms with Gasteiger partial charge in [-0.2, -0.15) is 0 Å². The van der Waals surface area contributed by atoms with E-state index in [4.69, 9.17) is 10.5 Å². The van der Waals surface area contributed by atoms with Gasteiger partial charge in [0, 0.05) is 29.5 Å². The van der Waals surface area contributed by atoms with Gasteiger partial charge in [-0.3, -0.25) is 19.2 Å². The Morgan fingerprint density at radius 2 is 2.03 bits per heavy atom. The van der Waals surface area contributed by atoms with E-state index in [2.05, 4.69) is 15.6 Å². The Morgan fingerprint density at radius 1 is 1.24 bits per heavy atom. The summed E-state index contributed by atoms with van der Waals surface area (Å²) in [5.74, 6) is -1.07. The van der Waals surface area contributed by atoms with Crippen molar-refractivity contribution in [2.75, 3.05) is 19.8 Å². The van der Waals surface area contributed by atoms with Gasteiger partial charge in [-0.15, -0.1) is 0 Å². The van der Waals surface area contributed by atoms with Crippen LogP contribution in [0.4, 0.5) is 0 Å². The summed E-state index contributed by atoms with van der Waals surface area (Å²) in [5, 5.41) is 6.44. The van der Waals surface area contributed by atoms with E-state index in [0.29, 0.717) is 36.6 Å². The summed E-state index contributed by atoms with van der Waals surface area (Å²) < 4.78 is 5.44. The summed E-state index contributed by atoms with van der Waals surface area (Å²) in [5.41, 5.74) is 6.84. The van der Waals surface area contributed by atoms with E-state index in [1.807, 2.05) is 18.2 Å². The second-order valence-corrected chi connectivity index (χ2v) is 15.5. The number of rotatable bonds is 7. The van der Waals surface area contributed by atoms with Crippen molar-refractivity contribution in [3.63, 3.8) is 0 Å². The van der Waals surface area contributed by atoms with Gasteiger partial charge in [0.15, 0.2) is 0 Å². The van der Waals surface area contributed by atoms with Gasteiger partial charge in [0.2, 0.25) is 17.7 Å². The first-order chi connectivity index (χ1) is 17.8. The fraction of sp³-hybridized carbons (Fsp3) is 0.538. The lowest BCUT2D eigenvalue weighted by Gasteiger charge is -2.28. The Bertz CT molecular complexity index is 1220. The molecule has 3 aliphatic rings. The summed E-state index contributed by atoms with van der Waals surface area (Å²) in [6.07, 6.45) is 4.53. The zero-order chi connectivity index (χ0) is 26.2. The molecule has 10 nitrogen and oxygen atoms in total. The Balaban J connectivity index is 1.38. The Kier molecular flexibility index (Phi) is 6.97. The van der Waals surface area contributed by atoms with Crippen molar-refractivity contribution < 1.29 is 23.9 Å².